The smallest absolute Gasteiger partial charge is 0.180 e. The SMILES string of the molecule is CNCC(=O)c1cc2[nH]ccc2cc1OC. The summed E-state index contributed by atoms with van der Waals surface area (Å²) in [4.78, 5) is 14.9. The lowest BCUT2D eigenvalue weighted by Crippen LogP contribution is -2.19. The van der Waals surface area contributed by atoms with Gasteiger partial charge in [-0.25, -0.2) is 0 Å². The Kier molecular flexibility index (Phi) is 2.92. The van der Waals surface area contributed by atoms with Crippen LogP contribution in [0.4, 0.5) is 0 Å². The van der Waals surface area contributed by atoms with Crippen molar-refractivity contribution >= 4 is 16.7 Å². The molecule has 0 bridgehead atoms. The van der Waals surface area contributed by atoms with Crippen molar-refractivity contribution in [3.05, 3.63) is 30.0 Å². The number of benzene rings is 1. The summed E-state index contributed by atoms with van der Waals surface area (Å²) in [6.45, 7) is 0.308. The van der Waals surface area contributed by atoms with Crippen molar-refractivity contribution < 1.29 is 9.53 Å². The number of Topliss-reactive ketones (excluding diaryl/α,β-unsaturated/α-hetero) is 1. The van der Waals surface area contributed by atoms with E-state index < -0.39 is 0 Å². The highest BCUT2D eigenvalue weighted by molar-refractivity contribution is 6.03. The van der Waals surface area contributed by atoms with Crippen molar-refractivity contribution in [3.8, 4) is 5.75 Å². The number of fused-ring (bicyclic) bond motifs is 1. The summed E-state index contributed by atoms with van der Waals surface area (Å²) in [5, 5.41) is 3.88. The molecule has 4 nitrogen and oxygen atoms in total. The molecule has 2 aromatic rings. The molecule has 0 amide bonds. The number of carbonyl (C=O) groups excluding carboxylic acids is 1. The minimum absolute atomic E-state index is 0.0239. The second-order valence-corrected chi connectivity index (χ2v) is 3.57. The van der Waals surface area contributed by atoms with E-state index in [1.165, 1.54) is 0 Å². The van der Waals surface area contributed by atoms with Gasteiger partial charge in [-0.05, 0) is 25.2 Å². The molecule has 0 saturated carbocycles. The van der Waals surface area contributed by atoms with Gasteiger partial charge < -0.3 is 15.0 Å². The second kappa shape index (κ2) is 4.37. The van der Waals surface area contributed by atoms with Crippen LogP contribution in [0.3, 0.4) is 0 Å². The van der Waals surface area contributed by atoms with E-state index in [9.17, 15) is 4.79 Å². The highest BCUT2D eigenvalue weighted by atomic mass is 16.5. The van der Waals surface area contributed by atoms with Gasteiger partial charge >= 0.3 is 0 Å². The highest BCUT2D eigenvalue weighted by Gasteiger charge is 2.13. The Morgan fingerprint density at radius 2 is 2.31 bits per heavy atom. The first-order valence-electron chi connectivity index (χ1n) is 5.09. The van der Waals surface area contributed by atoms with Crippen LogP contribution in [0.15, 0.2) is 24.4 Å². The number of nitrogens with one attached hydrogen (secondary N) is 2. The van der Waals surface area contributed by atoms with Gasteiger partial charge in [0.05, 0.1) is 19.2 Å². The highest BCUT2D eigenvalue weighted by Crippen LogP contribution is 2.25. The molecular weight excluding hydrogens is 204 g/mol. The molecule has 0 radical (unpaired) electrons. The Hall–Kier alpha value is -1.81. The van der Waals surface area contributed by atoms with Crippen molar-refractivity contribution in [1.29, 1.82) is 0 Å². The molecule has 2 N–H and O–H groups in total. The molecule has 1 heterocycles. The standard InChI is InChI=1S/C12H14N2O2/c1-13-7-11(15)9-6-10-8(3-4-14-10)5-12(9)16-2/h3-6,13-14H,7H2,1-2H3. The average Bonchev–Trinajstić information content (AvgIpc) is 2.74. The van der Waals surface area contributed by atoms with E-state index in [4.69, 9.17) is 4.74 Å². The number of ketones is 1. The van der Waals surface area contributed by atoms with Gasteiger partial charge in [0.15, 0.2) is 5.78 Å². The maximum absolute atomic E-state index is 11.8. The molecule has 0 fully saturated rings. The third kappa shape index (κ3) is 1.79. The molecule has 84 valence electrons. The van der Waals surface area contributed by atoms with Crippen molar-refractivity contribution in [1.82, 2.24) is 10.3 Å². The van der Waals surface area contributed by atoms with Gasteiger partial charge in [-0.15, -0.1) is 0 Å². The summed E-state index contributed by atoms with van der Waals surface area (Å²) < 4.78 is 5.23. The molecule has 0 aliphatic heterocycles. The molecule has 1 aromatic carbocycles. The topological polar surface area (TPSA) is 54.1 Å². The molecule has 0 saturated heterocycles. The zero-order chi connectivity index (χ0) is 11.5. The Labute approximate surface area is 93.6 Å². The normalized spacial score (nSPS) is 10.6. The van der Waals surface area contributed by atoms with E-state index in [0.717, 1.165) is 10.9 Å². The number of H-pyrrole nitrogens is 1. The number of rotatable bonds is 4. The fourth-order valence-electron chi connectivity index (χ4n) is 1.72. The van der Waals surface area contributed by atoms with Crippen molar-refractivity contribution in [2.75, 3.05) is 20.7 Å². The first-order valence-corrected chi connectivity index (χ1v) is 5.09. The lowest BCUT2D eigenvalue weighted by molar-refractivity contribution is 0.0991. The molecule has 0 unspecified atom stereocenters. The summed E-state index contributed by atoms with van der Waals surface area (Å²) in [6.07, 6.45) is 1.84. The molecular formula is C12H14N2O2. The van der Waals surface area contributed by atoms with Crippen LogP contribution in [0.2, 0.25) is 0 Å². The van der Waals surface area contributed by atoms with Crippen LogP contribution in [-0.4, -0.2) is 31.5 Å². The van der Waals surface area contributed by atoms with Crippen LogP contribution in [0.5, 0.6) is 5.75 Å². The van der Waals surface area contributed by atoms with Gasteiger partial charge in [0.1, 0.15) is 5.75 Å². The second-order valence-electron chi connectivity index (χ2n) is 3.57. The van der Waals surface area contributed by atoms with Crippen LogP contribution in [0.25, 0.3) is 10.9 Å². The quantitative estimate of drug-likeness (QED) is 0.766. The van der Waals surface area contributed by atoms with Crippen molar-refractivity contribution in [2.45, 2.75) is 0 Å². The number of aromatic nitrogens is 1. The number of methoxy groups -OCH3 is 1. The zero-order valence-corrected chi connectivity index (χ0v) is 9.33. The zero-order valence-electron chi connectivity index (χ0n) is 9.33. The lowest BCUT2D eigenvalue weighted by Gasteiger charge is -2.07. The van der Waals surface area contributed by atoms with Crippen LogP contribution in [-0.2, 0) is 0 Å². The minimum atomic E-state index is 0.0239. The lowest BCUT2D eigenvalue weighted by atomic mass is 10.1. The van der Waals surface area contributed by atoms with E-state index in [2.05, 4.69) is 10.3 Å². The van der Waals surface area contributed by atoms with Gasteiger partial charge in [-0.2, -0.15) is 0 Å². The minimum Gasteiger partial charge on any atom is -0.496 e. The summed E-state index contributed by atoms with van der Waals surface area (Å²) in [7, 11) is 3.32. The predicted octanol–water partition coefficient (Wildman–Crippen LogP) is 1.58. The number of carbonyl (C=O) groups is 1. The van der Waals surface area contributed by atoms with Crippen LogP contribution < -0.4 is 10.1 Å². The van der Waals surface area contributed by atoms with Crippen molar-refractivity contribution in [3.63, 3.8) is 0 Å². The van der Waals surface area contributed by atoms with Gasteiger partial charge in [0.25, 0.3) is 0 Å². The Morgan fingerprint density at radius 3 is 3.00 bits per heavy atom. The van der Waals surface area contributed by atoms with Gasteiger partial charge in [-0.3, -0.25) is 4.79 Å². The largest absolute Gasteiger partial charge is 0.496 e. The number of hydrogen-bond donors (Lipinski definition) is 2. The molecule has 0 aliphatic carbocycles. The van der Waals surface area contributed by atoms with Crippen LogP contribution >= 0.6 is 0 Å². The van der Waals surface area contributed by atoms with Gasteiger partial charge in [-0.1, -0.05) is 0 Å². The maximum atomic E-state index is 11.8. The Bertz CT molecular complexity index is 517. The summed E-state index contributed by atoms with van der Waals surface area (Å²) in [5.74, 6) is 0.642. The molecule has 2 rings (SSSR count). The Balaban J connectivity index is 2.52. The van der Waals surface area contributed by atoms with Crippen LogP contribution in [0, 0.1) is 0 Å². The molecule has 0 atom stereocenters. The monoisotopic (exact) mass is 218 g/mol. The van der Waals surface area contributed by atoms with E-state index in [1.54, 1.807) is 14.2 Å². The molecule has 16 heavy (non-hydrogen) atoms. The van der Waals surface area contributed by atoms with E-state index >= 15 is 0 Å². The molecule has 4 heteroatoms. The number of aromatic amines is 1. The summed E-state index contributed by atoms with van der Waals surface area (Å²) in [5.41, 5.74) is 1.55. The first-order chi connectivity index (χ1) is 7.76. The summed E-state index contributed by atoms with van der Waals surface area (Å²) >= 11 is 0. The van der Waals surface area contributed by atoms with Crippen LogP contribution in [0.1, 0.15) is 10.4 Å². The fraction of sp³-hybridized carbons (Fsp3) is 0.250. The molecule has 0 aliphatic rings. The number of hydrogen-bond acceptors (Lipinski definition) is 3. The molecule has 1 aromatic heterocycles. The summed E-state index contributed by atoms with van der Waals surface area (Å²) in [6, 6.07) is 5.65. The van der Waals surface area contributed by atoms with E-state index in [0.29, 0.717) is 17.9 Å². The van der Waals surface area contributed by atoms with Gasteiger partial charge in [0.2, 0.25) is 0 Å². The number of ether oxygens (including phenoxy) is 1. The van der Waals surface area contributed by atoms with E-state index in [-0.39, 0.29) is 5.78 Å². The third-order valence-electron chi connectivity index (χ3n) is 2.51. The number of likely N-dealkylation sites (N-methyl/N-ethyl adjacent to an activating group) is 1. The molecule has 0 spiro atoms. The Morgan fingerprint density at radius 1 is 1.50 bits per heavy atom. The third-order valence-corrected chi connectivity index (χ3v) is 2.51. The fourth-order valence-corrected chi connectivity index (χ4v) is 1.72. The maximum Gasteiger partial charge on any atom is 0.180 e. The van der Waals surface area contributed by atoms with Gasteiger partial charge in [0, 0.05) is 17.1 Å². The average molecular weight is 218 g/mol. The van der Waals surface area contributed by atoms with E-state index in [1.807, 2.05) is 24.4 Å². The predicted molar refractivity (Wildman–Crippen MR) is 63.1 cm³/mol. The first kappa shape index (κ1) is 10.7. The van der Waals surface area contributed by atoms with Crippen molar-refractivity contribution in [2.24, 2.45) is 0 Å².